The molecule has 0 atom stereocenters. The van der Waals surface area contributed by atoms with Gasteiger partial charge in [0.2, 0.25) is 0 Å². The van der Waals surface area contributed by atoms with Crippen molar-refractivity contribution in [2.24, 2.45) is 0 Å². The highest BCUT2D eigenvalue weighted by Gasteiger charge is 2.11. The lowest BCUT2D eigenvalue weighted by Crippen LogP contribution is -1.91. The van der Waals surface area contributed by atoms with Crippen molar-refractivity contribution < 1.29 is 9.21 Å². The number of anilines is 1. The van der Waals surface area contributed by atoms with Crippen LogP contribution < -0.4 is 5.73 Å². The van der Waals surface area contributed by atoms with E-state index in [1.165, 1.54) is 5.56 Å². The lowest BCUT2D eigenvalue weighted by Gasteiger charge is -1.96. The molecule has 0 saturated carbocycles. The average molecular weight is 254 g/mol. The van der Waals surface area contributed by atoms with E-state index < -0.39 is 0 Å². The number of para-hydroxylation sites is 1. The largest absolute Gasteiger partial charge is 0.456 e. The summed E-state index contributed by atoms with van der Waals surface area (Å²) in [7, 11) is 0. The summed E-state index contributed by atoms with van der Waals surface area (Å²) in [4.78, 5) is 14.0. The van der Waals surface area contributed by atoms with E-state index in [0.29, 0.717) is 24.2 Å². The van der Waals surface area contributed by atoms with E-state index in [9.17, 15) is 4.79 Å². The standard InChI is InChI=1S/C15H14N2O2/c1-9-3-2-4-10-5-11(17-15(9)10)6-14-13(16)7-12(8-18)19-14/h2-5,7-8,17H,6,16H2,1H3. The van der Waals surface area contributed by atoms with Crippen LogP contribution in [0.1, 0.15) is 27.6 Å². The molecule has 96 valence electrons. The molecular weight excluding hydrogens is 240 g/mol. The number of aromatic nitrogens is 1. The van der Waals surface area contributed by atoms with Crippen molar-refractivity contribution in [2.45, 2.75) is 13.3 Å². The number of rotatable bonds is 3. The molecule has 3 rings (SSSR count). The smallest absolute Gasteiger partial charge is 0.185 e. The number of aromatic amines is 1. The highest BCUT2D eigenvalue weighted by Crippen LogP contribution is 2.24. The fourth-order valence-electron chi connectivity index (χ4n) is 2.29. The van der Waals surface area contributed by atoms with Gasteiger partial charge >= 0.3 is 0 Å². The van der Waals surface area contributed by atoms with Crippen LogP contribution in [0.4, 0.5) is 5.69 Å². The number of fused-ring (bicyclic) bond motifs is 1. The Balaban J connectivity index is 1.98. The molecule has 2 aromatic heterocycles. The van der Waals surface area contributed by atoms with Gasteiger partial charge in [0.15, 0.2) is 12.0 Å². The topological polar surface area (TPSA) is 72.0 Å². The first-order valence-electron chi connectivity index (χ1n) is 6.08. The number of nitrogens with two attached hydrogens (primary N) is 1. The van der Waals surface area contributed by atoms with Gasteiger partial charge in [-0.25, -0.2) is 0 Å². The monoisotopic (exact) mass is 254 g/mol. The predicted octanol–water partition coefficient (Wildman–Crippen LogP) is 3.05. The number of hydrogen-bond acceptors (Lipinski definition) is 3. The van der Waals surface area contributed by atoms with Crippen molar-refractivity contribution in [1.82, 2.24) is 4.98 Å². The summed E-state index contributed by atoms with van der Waals surface area (Å²) in [6.45, 7) is 2.06. The molecule has 0 bridgehead atoms. The van der Waals surface area contributed by atoms with Crippen molar-refractivity contribution in [1.29, 1.82) is 0 Å². The van der Waals surface area contributed by atoms with Gasteiger partial charge in [0.25, 0.3) is 0 Å². The third-order valence-corrected chi connectivity index (χ3v) is 3.25. The molecule has 0 fully saturated rings. The fraction of sp³-hybridized carbons (Fsp3) is 0.133. The summed E-state index contributed by atoms with van der Waals surface area (Å²) in [5, 5.41) is 1.16. The van der Waals surface area contributed by atoms with E-state index in [1.54, 1.807) is 6.07 Å². The van der Waals surface area contributed by atoms with Gasteiger partial charge in [-0.15, -0.1) is 0 Å². The van der Waals surface area contributed by atoms with Crippen LogP contribution in [0.15, 0.2) is 34.7 Å². The number of hydrogen-bond donors (Lipinski definition) is 2. The lowest BCUT2D eigenvalue weighted by molar-refractivity contribution is 0.109. The van der Waals surface area contributed by atoms with E-state index in [1.807, 2.05) is 6.07 Å². The number of aryl methyl sites for hydroxylation is 1. The Labute approximate surface area is 110 Å². The maximum Gasteiger partial charge on any atom is 0.185 e. The number of H-pyrrole nitrogens is 1. The van der Waals surface area contributed by atoms with Gasteiger partial charge in [0.05, 0.1) is 5.69 Å². The molecule has 0 aliphatic carbocycles. The zero-order valence-electron chi connectivity index (χ0n) is 10.6. The van der Waals surface area contributed by atoms with Crippen molar-refractivity contribution in [3.63, 3.8) is 0 Å². The molecule has 2 heterocycles. The molecule has 4 nitrogen and oxygen atoms in total. The predicted molar refractivity (Wildman–Crippen MR) is 74.3 cm³/mol. The third kappa shape index (κ3) is 2.01. The molecule has 0 unspecified atom stereocenters. The highest BCUT2D eigenvalue weighted by molar-refractivity contribution is 5.83. The summed E-state index contributed by atoms with van der Waals surface area (Å²) < 4.78 is 5.38. The minimum Gasteiger partial charge on any atom is -0.456 e. The Hall–Kier alpha value is -2.49. The van der Waals surface area contributed by atoms with Crippen LogP contribution in [0, 0.1) is 6.92 Å². The fourth-order valence-corrected chi connectivity index (χ4v) is 2.29. The van der Waals surface area contributed by atoms with Crippen LogP contribution in [0.2, 0.25) is 0 Å². The van der Waals surface area contributed by atoms with Crippen molar-refractivity contribution in [2.75, 3.05) is 5.73 Å². The van der Waals surface area contributed by atoms with Crippen LogP contribution in [-0.2, 0) is 6.42 Å². The average Bonchev–Trinajstić information content (AvgIpc) is 2.95. The Morgan fingerprint density at radius 1 is 1.37 bits per heavy atom. The van der Waals surface area contributed by atoms with Gasteiger partial charge in [-0.2, -0.15) is 0 Å². The van der Waals surface area contributed by atoms with Gasteiger partial charge in [-0.05, 0) is 23.9 Å². The van der Waals surface area contributed by atoms with Crippen LogP contribution >= 0.6 is 0 Å². The number of nitrogens with one attached hydrogen (secondary N) is 1. The second kappa shape index (κ2) is 4.31. The molecule has 3 aromatic rings. The van der Waals surface area contributed by atoms with Gasteiger partial charge in [0, 0.05) is 23.7 Å². The van der Waals surface area contributed by atoms with Gasteiger partial charge in [-0.1, -0.05) is 18.2 Å². The number of carbonyl (C=O) groups is 1. The van der Waals surface area contributed by atoms with Crippen LogP contribution in [0.5, 0.6) is 0 Å². The number of nitrogen functional groups attached to an aromatic ring is 1. The van der Waals surface area contributed by atoms with E-state index in [2.05, 4.69) is 30.1 Å². The quantitative estimate of drug-likeness (QED) is 0.705. The van der Waals surface area contributed by atoms with Crippen molar-refractivity contribution >= 4 is 22.9 Å². The first kappa shape index (κ1) is 11.6. The molecule has 0 radical (unpaired) electrons. The number of furan rings is 1. The second-order valence-electron chi connectivity index (χ2n) is 4.66. The molecule has 4 heteroatoms. The van der Waals surface area contributed by atoms with Crippen molar-refractivity contribution in [3.05, 3.63) is 53.1 Å². The Morgan fingerprint density at radius 3 is 2.89 bits per heavy atom. The molecule has 0 aliphatic heterocycles. The lowest BCUT2D eigenvalue weighted by atomic mass is 10.1. The van der Waals surface area contributed by atoms with Gasteiger partial charge < -0.3 is 15.1 Å². The van der Waals surface area contributed by atoms with E-state index in [0.717, 1.165) is 16.6 Å². The molecule has 0 spiro atoms. The minimum absolute atomic E-state index is 0.264. The van der Waals surface area contributed by atoms with Crippen LogP contribution in [-0.4, -0.2) is 11.3 Å². The molecule has 19 heavy (non-hydrogen) atoms. The van der Waals surface area contributed by atoms with E-state index in [-0.39, 0.29) is 5.76 Å². The summed E-state index contributed by atoms with van der Waals surface area (Å²) in [5.74, 6) is 0.881. The molecule has 0 aliphatic rings. The number of carbonyl (C=O) groups excluding carboxylic acids is 1. The maximum absolute atomic E-state index is 10.7. The first-order chi connectivity index (χ1) is 9.17. The maximum atomic E-state index is 10.7. The summed E-state index contributed by atoms with van der Waals surface area (Å²) in [6, 6.07) is 9.78. The van der Waals surface area contributed by atoms with E-state index in [4.69, 9.17) is 10.2 Å². The number of aldehydes is 1. The van der Waals surface area contributed by atoms with Gasteiger partial charge in [0.1, 0.15) is 5.76 Å². The molecule has 3 N–H and O–H groups in total. The first-order valence-corrected chi connectivity index (χ1v) is 6.08. The molecule has 0 saturated heterocycles. The summed E-state index contributed by atoms with van der Waals surface area (Å²) in [5.41, 5.74) is 9.67. The van der Waals surface area contributed by atoms with Crippen molar-refractivity contribution in [3.8, 4) is 0 Å². The zero-order valence-corrected chi connectivity index (χ0v) is 10.6. The second-order valence-corrected chi connectivity index (χ2v) is 4.66. The summed E-state index contributed by atoms with van der Waals surface area (Å²) >= 11 is 0. The van der Waals surface area contributed by atoms with Crippen LogP contribution in [0.3, 0.4) is 0 Å². The SMILES string of the molecule is Cc1cccc2cc(Cc3oc(C=O)cc3N)[nH]c12. The Bertz CT molecular complexity index is 753. The van der Waals surface area contributed by atoms with Crippen LogP contribution in [0.25, 0.3) is 10.9 Å². The Kier molecular flexibility index (Phi) is 2.63. The van der Waals surface area contributed by atoms with E-state index >= 15 is 0 Å². The van der Waals surface area contributed by atoms with Gasteiger partial charge in [-0.3, -0.25) is 4.79 Å². The summed E-state index contributed by atoms with van der Waals surface area (Å²) in [6.07, 6.45) is 1.21. The molecule has 0 amide bonds. The normalized spacial score (nSPS) is 11.0. The molecular formula is C15H14N2O2. The highest BCUT2D eigenvalue weighted by atomic mass is 16.3. The Morgan fingerprint density at radius 2 is 2.21 bits per heavy atom. The molecule has 1 aromatic carbocycles. The number of benzene rings is 1. The third-order valence-electron chi connectivity index (χ3n) is 3.25. The minimum atomic E-state index is 0.264. The zero-order chi connectivity index (χ0) is 13.4.